The molecule has 2 aliphatic heterocycles. The third-order valence-corrected chi connectivity index (χ3v) is 6.61. The predicted molar refractivity (Wildman–Crippen MR) is 111 cm³/mol. The van der Waals surface area contributed by atoms with Gasteiger partial charge in [0.1, 0.15) is 11.4 Å². The number of benzene rings is 1. The highest BCUT2D eigenvalue weighted by molar-refractivity contribution is 5.85. The minimum atomic E-state index is -0.410. The number of hydrogen-bond acceptors (Lipinski definition) is 3. The molecule has 4 nitrogen and oxygen atoms in total. The highest BCUT2D eigenvalue weighted by Crippen LogP contribution is 2.37. The SMILES string of the molecule is CN(C(=O)CC1(C)Cc2ccccc2O1)[C@@H]1CCCC[C@H]1N1CCCC1.Cl. The summed E-state index contributed by atoms with van der Waals surface area (Å²) in [6.07, 6.45) is 8.82. The van der Waals surface area contributed by atoms with Crippen molar-refractivity contribution in [2.75, 3.05) is 20.1 Å². The number of hydrogen-bond donors (Lipinski definition) is 0. The van der Waals surface area contributed by atoms with E-state index in [-0.39, 0.29) is 18.3 Å². The third kappa shape index (κ3) is 4.27. The first-order valence-electron chi connectivity index (χ1n) is 10.3. The molecule has 5 heteroatoms. The third-order valence-electron chi connectivity index (χ3n) is 6.61. The van der Waals surface area contributed by atoms with Gasteiger partial charge in [-0.3, -0.25) is 9.69 Å². The van der Waals surface area contributed by atoms with Crippen molar-refractivity contribution in [1.82, 2.24) is 9.80 Å². The summed E-state index contributed by atoms with van der Waals surface area (Å²) in [6.45, 7) is 4.50. The Hall–Kier alpha value is -1.26. The Balaban J connectivity index is 0.00000210. The second kappa shape index (κ2) is 8.40. The molecule has 1 saturated carbocycles. The van der Waals surface area contributed by atoms with Crippen molar-refractivity contribution in [2.24, 2.45) is 0 Å². The zero-order valence-corrected chi connectivity index (χ0v) is 17.5. The number of carbonyl (C=O) groups excluding carboxylic acids is 1. The molecule has 1 amide bonds. The topological polar surface area (TPSA) is 32.8 Å². The number of rotatable bonds is 4. The number of ether oxygens (including phenoxy) is 1. The van der Waals surface area contributed by atoms with Crippen LogP contribution in [0.5, 0.6) is 5.75 Å². The molecule has 2 heterocycles. The van der Waals surface area contributed by atoms with Crippen LogP contribution in [0.1, 0.15) is 57.4 Å². The smallest absolute Gasteiger partial charge is 0.226 e. The molecule has 27 heavy (non-hydrogen) atoms. The van der Waals surface area contributed by atoms with Gasteiger partial charge in [-0.15, -0.1) is 12.4 Å². The van der Waals surface area contributed by atoms with Gasteiger partial charge in [0.25, 0.3) is 0 Å². The summed E-state index contributed by atoms with van der Waals surface area (Å²) in [5.74, 6) is 1.18. The summed E-state index contributed by atoms with van der Waals surface area (Å²) in [6, 6.07) is 9.08. The lowest BCUT2D eigenvalue weighted by Gasteiger charge is -2.43. The zero-order valence-electron chi connectivity index (χ0n) is 16.7. The monoisotopic (exact) mass is 392 g/mol. The van der Waals surface area contributed by atoms with Crippen LogP contribution in [-0.4, -0.2) is 53.5 Å². The highest BCUT2D eigenvalue weighted by atomic mass is 35.5. The van der Waals surface area contributed by atoms with Crippen LogP contribution in [-0.2, 0) is 11.2 Å². The molecule has 0 N–H and O–H groups in total. The highest BCUT2D eigenvalue weighted by Gasteiger charge is 2.40. The molecule has 0 radical (unpaired) electrons. The number of nitrogens with zero attached hydrogens (tertiary/aromatic N) is 2. The first kappa shape index (κ1) is 20.5. The molecule has 150 valence electrons. The number of amides is 1. The fourth-order valence-corrected chi connectivity index (χ4v) is 5.22. The van der Waals surface area contributed by atoms with E-state index in [0.29, 0.717) is 18.5 Å². The largest absolute Gasteiger partial charge is 0.486 e. The van der Waals surface area contributed by atoms with Gasteiger partial charge in [0.2, 0.25) is 5.91 Å². The number of fused-ring (bicyclic) bond motifs is 1. The number of likely N-dealkylation sites (tertiary alicyclic amines) is 1. The van der Waals surface area contributed by atoms with Gasteiger partial charge in [-0.2, -0.15) is 0 Å². The van der Waals surface area contributed by atoms with Crippen molar-refractivity contribution in [3.8, 4) is 5.75 Å². The van der Waals surface area contributed by atoms with Crippen molar-refractivity contribution < 1.29 is 9.53 Å². The van der Waals surface area contributed by atoms with Crippen LogP contribution in [0.3, 0.4) is 0 Å². The molecule has 4 rings (SSSR count). The van der Waals surface area contributed by atoms with Gasteiger partial charge in [0, 0.05) is 25.6 Å². The van der Waals surface area contributed by atoms with Gasteiger partial charge in [-0.25, -0.2) is 0 Å². The van der Waals surface area contributed by atoms with Crippen LogP contribution in [0.15, 0.2) is 24.3 Å². The number of carbonyl (C=O) groups is 1. The lowest BCUT2D eigenvalue weighted by atomic mass is 9.87. The Kier molecular flexibility index (Phi) is 6.37. The first-order chi connectivity index (χ1) is 12.6. The predicted octanol–water partition coefficient (Wildman–Crippen LogP) is 4.06. The molecule has 1 aromatic carbocycles. The van der Waals surface area contributed by atoms with Crippen LogP contribution >= 0.6 is 12.4 Å². The molecule has 0 bridgehead atoms. The number of para-hydroxylation sites is 1. The van der Waals surface area contributed by atoms with Crippen molar-refractivity contribution in [1.29, 1.82) is 0 Å². The molecule has 2 fully saturated rings. The van der Waals surface area contributed by atoms with Crippen LogP contribution in [0.25, 0.3) is 0 Å². The average Bonchev–Trinajstić information content (AvgIpc) is 3.27. The molecule has 1 saturated heterocycles. The minimum Gasteiger partial charge on any atom is -0.486 e. The Labute approximate surface area is 169 Å². The maximum atomic E-state index is 13.1. The number of likely N-dealkylation sites (N-methyl/N-ethyl adjacent to an activating group) is 1. The van der Waals surface area contributed by atoms with E-state index in [1.165, 1.54) is 50.8 Å². The molecule has 1 aromatic rings. The molecule has 0 spiro atoms. The summed E-state index contributed by atoms with van der Waals surface area (Å²) in [5.41, 5.74) is 0.811. The Morgan fingerprint density at radius 3 is 2.63 bits per heavy atom. The lowest BCUT2D eigenvalue weighted by Crippen LogP contribution is -2.54. The Morgan fingerprint density at radius 2 is 1.89 bits per heavy atom. The molecule has 1 unspecified atom stereocenters. The van der Waals surface area contributed by atoms with Gasteiger partial charge in [-0.05, 0) is 57.3 Å². The van der Waals surface area contributed by atoms with E-state index in [1.807, 2.05) is 25.2 Å². The Morgan fingerprint density at radius 1 is 1.19 bits per heavy atom. The van der Waals surface area contributed by atoms with Gasteiger partial charge in [-0.1, -0.05) is 31.0 Å². The van der Waals surface area contributed by atoms with Crippen LogP contribution in [0.4, 0.5) is 0 Å². The van der Waals surface area contributed by atoms with Crippen molar-refractivity contribution in [3.05, 3.63) is 29.8 Å². The maximum absolute atomic E-state index is 13.1. The summed E-state index contributed by atoms with van der Waals surface area (Å²) in [5, 5.41) is 0. The first-order valence-corrected chi connectivity index (χ1v) is 10.3. The van der Waals surface area contributed by atoms with E-state index >= 15 is 0 Å². The summed E-state index contributed by atoms with van der Waals surface area (Å²) >= 11 is 0. The second-order valence-corrected chi connectivity index (χ2v) is 8.68. The van der Waals surface area contributed by atoms with Gasteiger partial charge in [0.05, 0.1) is 6.42 Å². The minimum absolute atomic E-state index is 0. The van der Waals surface area contributed by atoms with E-state index < -0.39 is 5.60 Å². The van der Waals surface area contributed by atoms with Gasteiger partial charge >= 0.3 is 0 Å². The fraction of sp³-hybridized carbons (Fsp3) is 0.682. The van der Waals surface area contributed by atoms with E-state index in [1.54, 1.807) is 0 Å². The fourth-order valence-electron chi connectivity index (χ4n) is 5.22. The van der Waals surface area contributed by atoms with E-state index in [4.69, 9.17) is 4.74 Å². The average molecular weight is 393 g/mol. The van der Waals surface area contributed by atoms with Crippen LogP contribution < -0.4 is 4.74 Å². The van der Waals surface area contributed by atoms with Gasteiger partial charge in [0.15, 0.2) is 0 Å². The van der Waals surface area contributed by atoms with E-state index in [9.17, 15) is 4.79 Å². The molecular weight excluding hydrogens is 360 g/mol. The van der Waals surface area contributed by atoms with E-state index in [2.05, 4.69) is 22.8 Å². The van der Waals surface area contributed by atoms with Crippen molar-refractivity contribution in [3.63, 3.8) is 0 Å². The van der Waals surface area contributed by atoms with Crippen molar-refractivity contribution in [2.45, 2.75) is 76.0 Å². The normalized spacial score (nSPS) is 30.3. The van der Waals surface area contributed by atoms with Crippen LogP contribution in [0, 0.1) is 0 Å². The second-order valence-electron chi connectivity index (χ2n) is 8.68. The van der Waals surface area contributed by atoms with Gasteiger partial charge < -0.3 is 9.64 Å². The summed E-state index contributed by atoms with van der Waals surface area (Å²) in [4.78, 5) is 17.8. The maximum Gasteiger partial charge on any atom is 0.226 e. The van der Waals surface area contributed by atoms with E-state index in [0.717, 1.165) is 18.6 Å². The quantitative estimate of drug-likeness (QED) is 0.774. The molecule has 1 aliphatic carbocycles. The molecule has 3 aliphatic rings. The molecular formula is C22H33ClN2O2. The standard InChI is InChI=1S/C22H32N2O2.ClH/c1-22(15-17-9-3-6-12-20(17)26-22)16-21(25)23(2)18-10-4-5-11-19(18)24-13-7-8-14-24;/h3,6,9,12,18-19H,4-5,7-8,10-11,13-16H2,1-2H3;1H/t18-,19-,22?;/m1./s1. The Bertz CT molecular complexity index is 634. The molecule has 3 atom stereocenters. The van der Waals surface area contributed by atoms with Crippen molar-refractivity contribution >= 4 is 18.3 Å². The zero-order chi connectivity index (χ0) is 18.1. The lowest BCUT2D eigenvalue weighted by molar-refractivity contribution is -0.137. The van der Waals surface area contributed by atoms with Crippen LogP contribution in [0.2, 0.25) is 0 Å². The summed E-state index contributed by atoms with van der Waals surface area (Å²) < 4.78 is 6.17. The molecule has 0 aromatic heterocycles. The number of halogens is 1. The summed E-state index contributed by atoms with van der Waals surface area (Å²) in [7, 11) is 2.02.